The molecule has 88 valence electrons. The minimum absolute atomic E-state index is 0.00101. The van der Waals surface area contributed by atoms with Crippen molar-refractivity contribution in [3.63, 3.8) is 0 Å². The van der Waals surface area contributed by atoms with Gasteiger partial charge < -0.3 is 17.7 Å². The lowest BCUT2D eigenvalue weighted by Crippen LogP contribution is -2.33. The average molecular weight is 231 g/mol. The first-order chi connectivity index (χ1) is 7.43. The maximum absolute atomic E-state index is 12.3. The molecule has 16 heavy (non-hydrogen) atoms. The normalized spacial score (nSPS) is 11.2. The van der Waals surface area contributed by atoms with Gasteiger partial charge in [-0.05, 0) is 12.5 Å². The predicted octanol–water partition coefficient (Wildman–Crippen LogP) is 1.85. The summed E-state index contributed by atoms with van der Waals surface area (Å²) in [5.74, 6) is -0.437. The van der Waals surface area contributed by atoms with Gasteiger partial charge in [-0.1, -0.05) is 24.3 Å². The minimum atomic E-state index is -4.97. The van der Waals surface area contributed by atoms with Gasteiger partial charge in [0.05, 0.1) is 13.0 Å². The molecule has 0 aliphatic carbocycles. The summed E-state index contributed by atoms with van der Waals surface area (Å²) in [7, 11) is 0. The van der Waals surface area contributed by atoms with Crippen molar-refractivity contribution < 1.29 is 22.5 Å². The second kappa shape index (κ2) is 5.05. The van der Waals surface area contributed by atoms with Crippen LogP contribution in [0.3, 0.4) is 0 Å². The molecule has 0 bridgehead atoms. The number of rotatable bonds is 4. The van der Waals surface area contributed by atoms with Crippen LogP contribution in [0.25, 0.3) is 0 Å². The molecule has 0 atom stereocenters. The number of carbonyl (C=O) groups excluding carboxylic acids is 1. The molecule has 0 saturated heterocycles. The smallest absolute Gasteiger partial charge is 0.466 e. The van der Waals surface area contributed by atoms with Gasteiger partial charge in [-0.2, -0.15) is 0 Å². The van der Waals surface area contributed by atoms with E-state index in [0.717, 1.165) is 12.1 Å². The second-order valence-electron chi connectivity index (χ2n) is 3.30. The predicted molar refractivity (Wildman–Crippen MR) is 55.5 cm³/mol. The third-order valence-electron chi connectivity index (χ3n) is 2.01. The fraction of sp³-hybridized carbons (Fsp3) is 0.300. The Balaban J connectivity index is 2.69. The molecule has 0 spiro atoms. The molecule has 0 fully saturated rings. The molecule has 0 amide bonds. The molecule has 6 heteroatoms. The Kier molecular flexibility index (Phi) is 3.98. The summed E-state index contributed by atoms with van der Waals surface area (Å²) in [5.41, 5.74) is -0.144. The van der Waals surface area contributed by atoms with Crippen molar-refractivity contribution in [2.45, 2.75) is 13.3 Å². The maximum Gasteiger partial charge on any atom is 0.509 e. The van der Waals surface area contributed by atoms with E-state index >= 15 is 0 Å². The van der Waals surface area contributed by atoms with Crippen molar-refractivity contribution in [2.75, 3.05) is 6.61 Å². The van der Waals surface area contributed by atoms with Crippen LogP contribution in [0.1, 0.15) is 12.5 Å². The summed E-state index contributed by atoms with van der Waals surface area (Å²) in [6.45, 7) is -3.03. The molecule has 1 aromatic carbocycles. The Morgan fingerprint density at radius 3 is 2.25 bits per heavy atom. The Bertz CT molecular complexity index is 359. The monoisotopic (exact) mass is 231 g/mol. The molecular weight excluding hydrogens is 220 g/mol. The van der Waals surface area contributed by atoms with Crippen LogP contribution >= 0.6 is 0 Å². The Hall–Kier alpha value is -1.46. The first-order valence-corrected chi connectivity index (χ1v) is 4.88. The van der Waals surface area contributed by atoms with Gasteiger partial charge in [-0.25, -0.2) is 0 Å². The van der Waals surface area contributed by atoms with Crippen LogP contribution in [0.15, 0.2) is 24.3 Å². The number of hydrogen-bond acceptors (Lipinski definition) is 2. The highest BCUT2D eigenvalue weighted by atomic mass is 19.4. The van der Waals surface area contributed by atoms with Gasteiger partial charge in [-0.15, -0.1) is 5.46 Å². The van der Waals surface area contributed by atoms with E-state index in [0.29, 0.717) is 5.56 Å². The summed E-state index contributed by atoms with van der Waals surface area (Å²) >= 11 is 0. The van der Waals surface area contributed by atoms with Gasteiger partial charge in [0.15, 0.2) is 0 Å². The molecule has 1 rings (SSSR count). The van der Waals surface area contributed by atoms with Crippen LogP contribution in [-0.2, 0) is 16.0 Å². The third kappa shape index (κ3) is 3.60. The molecule has 0 unspecified atom stereocenters. The van der Waals surface area contributed by atoms with Gasteiger partial charge in [0.25, 0.3) is 0 Å². The fourth-order valence-corrected chi connectivity index (χ4v) is 1.23. The van der Waals surface area contributed by atoms with Gasteiger partial charge in [0.1, 0.15) is 0 Å². The standard InChI is InChI=1S/C10H11BF3O2/c1-2-16-10(15)7-8-3-5-9(6-4-8)11(12,13)14/h3-6H,2,7H2,1H3/q-1. The van der Waals surface area contributed by atoms with Gasteiger partial charge in [0.2, 0.25) is 0 Å². The summed E-state index contributed by atoms with van der Waals surface area (Å²) in [5, 5.41) is 0. The Labute approximate surface area is 91.5 Å². The van der Waals surface area contributed by atoms with Crippen LogP contribution < -0.4 is 5.46 Å². The van der Waals surface area contributed by atoms with E-state index in [1.807, 2.05) is 0 Å². The largest absolute Gasteiger partial charge is 0.509 e. The SMILES string of the molecule is CCOC(=O)Cc1ccc([B-](F)(F)F)cc1. The Morgan fingerprint density at radius 1 is 1.25 bits per heavy atom. The molecule has 0 saturated carbocycles. The highest BCUT2D eigenvalue weighted by molar-refractivity contribution is 6.73. The van der Waals surface area contributed by atoms with Gasteiger partial charge in [-0.3, -0.25) is 4.79 Å². The molecule has 1 aromatic rings. The molecular formula is C10H11BF3O2-. The lowest BCUT2D eigenvalue weighted by molar-refractivity contribution is -0.142. The molecule has 0 heterocycles. The van der Waals surface area contributed by atoms with Crippen molar-refractivity contribution in [1.82, 2.24) is 0 Å². The lowest BCUT2D eigenvalue weighted by atomic mass is 9.80. The van der Waals surface area contributed by atoms with E-state index in [-0.39, 0.29) is 13.0 Å². The number of ether oxygens (including phenoxy) is 1. The highest BCUT2D eigenvalue weighted by Crippen LogP contribution is 2.10. The average Bonchev–Trinajstić information content (AvgIpc) is 2.17. The van der Waals surface area contributed by atoms with Crippen LogP contribution in [-0.4, -0.2) is 19.6 Å². The second-order valence-corrected chi connectivity index (χ2v) is 3.30. The molecule has 0 radical (unpaired) electrons. The van der Waals surface area contributed by atoms with E-state index in [4.69, 9.17) is 0 Å². The van der Waals surface area contributed by atoms with Crippen LogP contribution in [0.5, 0.6) is 0 Å². The zero-order valence-corrected chi connectivity index (χ0v) is 8.75. The van der Waals surface area contributed by atoms with Gasteiger partial charge >= 0.3 is 12.9 Å². The third-order valence-corrected chi connectivity index (χ3v) is 2.01. The van der Waals surface area contributed by atoms with E-state index in [2.05, 4.69) is 4.74 Å². The molecule has 0 N–H and O–H groups in total. The number of carbonyl (C=O) groups is 1. The number of benzene rings is 1. The fourth-order valence-electron chi connectivity index (χ4n) is 1.23. The summed E-state index contributed by atoms with van der Waals surface area (Å²) in [6.07, 6.45) is -0.00101. The number of halogens is 3. The zero-order valence-electron chi connectivity index (χ0n) is 8.75. The lowest BCUT2D eigenvalue weighted by Gasteiger charge is -2.14. The van der Waals surface area contributed by atoms with Crippen molar-refractivity contribution in [2.24, 2.45) is 0 Å². The summed E-state index contributed by atoms with van der Waals surface area (Å²) < 4.78 is 41.5. The van der Waals surface area contributed by atoms with Crippen LogP contribution in [0, 0.1) is 0 Å². The van der Waals surface area contributed by atoms with Gasteiger partial charge in [0, 0.05) is 0 Å². The highest BCUT2D eigenvalue weighted by Gasteiger charge is 2.24. The topological polar surface area (TPSA) is 26.3 Å². The van der Waals surface area contributed by atoms with Crippen molar-refractivity contribution in [1.29, 1.82) is 0 Å². The molecule has 0 aliphatic heterocycles. The van der Waals surface area contributed by atoms with Crippen LogP contribution in [0.4, 0.5) is 12.9 Å². The first-order valence-electron chi connectivity index (χ1n) is 4.88. The summed E-state index contributed by atoms with van der Waals surface area (Å²) in [4.78, 5) is 11.1. The van der Waals surface area contributed by atoms with Crippen molar-refractivity contribution >= 4 is 18.4 Å². The van der Waals surface area contributed by atoms with Crippen molar-refractivity contribution in [3.05, 3.63) is 29.8 Å². The molecule has 0 aliphatic rings. The first kappa shape index (κ1) is 12.6. The number of esters is 1. The summed E-state index contributed by atoms with van der Waals surface area (Å²) in [6, 6.07) is 4.55. The van der Waals surface area contributed by atoms with Crippen molar-refractivity contribution in [3.8, 4) is 0 Å². The number of hydrogen-bond donors (Lipinski definition) is 0. The maximum atomic E-state index is 12.3. The van der Waals surface area contributed by atoms with E-state index < -0.39 is 18.4 Å². The minimum Gasteiger partial charge on any atom is -0.466 e. The quantitative estimate of drug-likeness (QED) is 0.583. The van der Waals surface area contributed by atoms with E-state index in [1.165, 1.54) is 12.1 Å². The Morgan fingerprint density at radius 2 is 1.81 bits per heavy atom. The molecule has 0 aromatic heterocycles. The van der Waals surface area contributed by atoms with E-state index in [9.17, 15) is 17.7 Å². The van der Waals surface area contributed by atoms with Crippen LogP contribution in [0.2, 0.25) is 0 Å². The zero-order chi connectivity index (χ0) is 12.2. The van der Waals surface area contributed by atoms with E-state index in [1.54, 1.807) is 6.92 Å². The molecule has 2 nitrogen and oxygen atoms in total.